The number of rotatable bonds is 9. The second kappa shape index (κ2) is 10.4. The van der Waals surface area contributed by atoms with E-state index in [-0.39, 0.29) is 34.2 Å². The SMILES string of the molecule is CCN(CC)S(=O)(=O)c1cc(Cl)ccc1OCC(=O)N[C@H](C)c1cccc(Br)c1. The van der Waals surface area contributed by atoms with Crippen molar-refractivity contribution < 1.29 is 17.9 Å². The van der Waals surface area contributed by atoms with Crippen molar-refractivity contribution >= 4 is 43.5 Å². The number of amides is 1. The van der Waals surface area contributed by atoms with Crippen molar-refractivity contribution in [2.45, 2.75) is 31.7 Å². The molecule has 0 heterocycles. The molecule has 1 amide bonds. The summed E-state index contributed by atoms with van der Waals surface area (Å²) >= 11 is 9.41. The maximum absolute atomic E-state index is 12.9. The normalized spacial score (nSPS) is 12.6. The van der Waals surface area contributed by atoms with Crippen LogP contribution in [0.3, 0.4) is 0 Å². The topological polar surface area (TPSA) is 75.7 Å². The first-order valence-electron chi connectivity index (χ1n) is 9.16. The van der Waals surface area contributed by atoms with Gasteiger partial charge in [0.25, 0.3) is 5.91 Å². The Kier molecular flexibility index (Phi) is 8.51. The number of hydrogen-bond acceptors (Lipinski definition) is 4. The summed E-state index contributed by atoms with van der Waals surface area (Å²) in [6.45, 7) is 5.68. The van der Waals surface area contributed by atoms with Gasteiger partial charge in [-0.2, -0.15) is 4.31 Å². The van der Waals surface area contributed by atoms with Gasteiger partial charge in [-0.05, 0) is 42.8 Å². The van der Waals surface area contributed by atoms with Gasteiger partial charge >= 0.3 is 0 Å². The van der Waals surface area contributed by atoms with E-state index in [1.165, 1.54) is 22.5 Å². The summed E-state index contributed by atoms with van der Waals surface area (Å²) in [5, 5.41) is 3.11. The van der Waals surface area contributed by atoms with Crippen LogP contribution < -0.4 is 10.1 Å². The van der Waals surface area contributed by atoms with Crippen molar-refractivity contribution in [3.63, 3.8) is 0 Å². The number of halogens is 2. The Morgan fingerprint density at radius 3 is 2.52 bits per heavy atom. The van der Waals surface area contributed by atoms with Crippen molar-refractivity contribution in [2.24, 2.45) is 0 Å². The molecule has 2 aromatic carbocycles. The molecule has 0 bridgehead atoms. The highest BCUT2D eigenvalue weighted by atomic mass is 79.9. The monoisotopic (exact) mass is 502 g/mol. The van der Waals surface area contributed by atoms with Gasteiger partial charge < -0.3 is 10.1 Å². The lowest BCUT2D eigenvalue weighted by Gasteiger charge is -2.21. The highest BCUT2D eigenvalue weighted by molar-refractivity contribution is 9.10. The fraction of sp³-hybridized carbons (Fsp3) is 0.350. The van der Waals surface area contributed by atoms with Crippen molar-refractivity contribution in [3.8, 4) is 5.75 Å². The van der Waals surface area contributed by atoms with Crippen LogP contribution in [0.25, 0.3) is 0 Å². The second-order valence-corrected chi connectivity index (χ2v) is 9.57. The third kappa shape index (κ3) is 6.18. The Balaban J connectivity index is 2.13. The molecule has 0 spiro atoms. The minimum absolute atomic E-state index is 0.0541. The molecule has 9 heteroatoms. The third-order valence-corrected chi connectivity index (χ3v) is 7.11. The number of nitrogens with zero attached hydrogens (tertiary/aromatic N) is 1. The summed E-state index contributed by atoms with van der Waals surface area (Å²) in [5.74, 6) is -0.273. The van der Waals surface area contributed by atoms with Crippen molar-refractivity contribution in [1.29, 1.82) is 0 Å². The zero-order valence-electron chi connectivity index (χ0n) is 16.5. The smallest absolute Gasteiger partial charge is 0.258 e. The molecule has 0 saturated heterocycles. The summed E-state index contributed by atoms with van der Waals surface area (Å²) in [7, 11) is -3.79. The highest BCUT2D eigenvalue weighted by Gasteiger charge is 2.26. The molecule has 2 rings (SSSR count). The molecule has 0 aliphatic heterocycles. The number of carbonyl (C=O) groups excluding carboxylic acids is 1. The average Bonchev–Trinajstić information content (AvgIpc) is 2.67. The van der Waals surface area contributed by atoms with E-state index in [0.717, 1.165) is 10.0 Å². The zero-order valence-corrected chi connectivity index (χ0v) is 19.6. The number of ether oxygens (including phenoxy) is 1. The molecule has 0 aliphatic carbocycles. The molecule has 1 N–H and O–H groups in total. The minimum atomic E-state index is -3.79. The van der Waals surface area contributed by atoms with Crippen LogP contribution in [0.1, 0.15) is 32.4 Å². The number of benzene rings is 2. The molecule has 1 atom stereocenters. The predicted molar refractivity (Wildman–Crippen MR) is 118 cm³/mol. The van der Waals surface area contributed by atoms with Crippen molar-refractivity contribution in [3.05, 3.63) is 57.5 Å². The van der Waals surface area contributed by atoms with E-state index in [9.17, 15) is 13.2 Å². The van der Waals surface area contributed by atoms with Crippen molar-refractivity contribution in [2.75, 3.05) is 19.7 Å². The van der Waals surface area contributed by atoms with E-state index < -0.39 is 10.0 Å². The lowest BCUT2D eigenvalue weighted by atomic mass is 10.1. The first-order valence-corrected chi connectivity index (χ1v) is 11.8. The quantitative estimate of drug-likeness (QED) is 0.551. The molecular formula is C20H24BrClN2O4S. The van der Waals surface area contributed by atoms with Gasteiger partial charge in [-0.15, -0.1) is 0 Å². The first kappa shape index (κ1) is 23.7. The van der Waals surface area contributed by atoms with Crippen molar-refractivity contribution in [1.82, 2.24) is 9.62 Å². The molecule has 0 fully saturated rings. The molecule has 0 aliphatic rings. The maximum Gasteiger partial charge on any atom is 0.258 e. The zero-order chi connectivity index (χ0) is 21.6. The van der Waals surface area contributed by atoms with E-state index in [2.05, 4.69) is 21.2 Å². The molecule has 158 valence electrons. The second-order valence-electron chi connectivity index (χ2n) is 6.31. The first-order chi connectivity index (χ1) is 13.7. The maximum atomic E-state index is 12.9. The molecule has 0 unspecified atom stereocenters. The lowest BCUT2D eigenvalue weighted by molar-refractivity contribution is -0.123. The molecular weight excluding hydrogens is 480 g/mol. The number of nitrogens with one attached hydrogen (secondary N) is 1. The fourth-order valence-electron chi connectivity index (χ4n) is 2.79. The van der Waals surface area contributed by atoms with Crippen LogP contribution in [0, 0.1) is 0 Å². The summed E-state index contributed by atoms with van der Waals surface area (Å²) < 4.78 is 33.6. The Labute approximate surface area is 185 Å². The fourth-order valence-corrected chi connectivity index (χ4v) is 5.06. The van der Waals surface area contributed by atoms with Gasteiger partial charge in [-0.25, -0.2) is 8.42 Å². The van der Waals surface area contributed by atoms with E-state index in [1.54, 1.807) is 13.8 Å². The minimum Gasteiger partial charge on any atom is -0.482 e. The summed E-state index contributed by atoms with van der Waals surface area (Å²) in [5.41, 5.74) is 0.934. The van der Waals surface area contributed by atoms with Gasteiger partial charge in [0.15, 0.2) is 6.61 Å². The van der Waals surface area contributed by atoms with Gasteiger partial charge in [0.05, 0.1) is 6.04 Å². The van der Waals surface area contributed by atoms with E-state index in [4.69, 9.17) is 16.3 Å². The highest BCUT2D eigenvalue weighted by Crippen LogP contribution is 2.30. The number of hydrogen-bond donors (Lipinski definition) is 1. The largest absolute Gasteiger partial charge is 0.482 e. The third-order valence-electron chi connectivity index (χ3n) is 4.31. The Bertz CT molecular complexity index is 965. The summed E-state index contributed by atoms with van der Waals surface area (Å²) in [6, 6.07) is 11.7. The summed E-state index contributed by atoms with van der Waals surface area (Å²) in [6.07, 6.45) is 0. The molecule has 0 aromatic heterocycles. The Morgan fingerprint density at radius 1 is 1.21 bits per heavy atom. The van der Waals surface area contributed by atoms with E-state index >= 15 is 0 Å². The van der Waals surface area contributed by atoms with Gasteiger partial charge in [0.2, 0.25) is 10.0 Å². The van der Waals surface area contributed by atoms with Crippen LogP contribution in [-0.2, 0) is 14.8 Å². The molecule has 29 heavy (non-hydrogen) atoms. The molecule has 0 saturated carbocycles. The number of sulfonamides is 1. The van der Waals surface area contributed by atoms with Gasteiger partial charge in [0, 0.05) is 22.6 Å². The van der Waals surface area contributed by atoms with Gasteiger partial charge in [-0.3, -0.25) is 4.79 Å². The van der Waals surface area contributed by atoms with E-state index in [0.29, 0.717) is 13.1 Å². The van der Waals surface area contributed by atoms with Crippen LogP contribution in [-0.4, -0.2) is 38.3 Å². The van der Waals surface area contributed by atoms with Crippen LogP contribution in [0.4, 0.5) is 0 Å². The van der Waals surface area contributed by atoms with Crippen LogP contribution in [0.5, 0.6) is 5.75 Å². The van der Waals surface area contributed by atoms with Crippen LogP contribution in [0.15, 0.2) is 51.8 Å². The predicted octanol–water partition coefficient (Wildman–Crippen LogP) is 4.39. The average molecular weight is 504 g/mol. The molecule has 6 nitrogen and oxygen atoms in total. The van der Waals surface area contributed by atoms with Gasteiger partial charge in [0.1, 0.15) is 10.6 Å². The molecule has 0 radical (unpaired) electrons. The Hall–Kier alpha value is -1.61. The van der Waals surface area contributed by atoms with E-state index in [1.807, 2.05) is 31.2 Å². The lowest BCUT2D eigenvalue weighted by Crippen LogP contribution is -2.33. The van der Waals surface area contributed by atoms with Crippen LogP contribution >= 0.6 is 27.5 Å². The molecule has 2 aromatic rings. The Morgan fingerprint density at radius 2 is 1.90 bits per heavy atom. The number of carbonyl (C=O) groups is 1. The summed E-state index contributed by atoms with van der Waals surface area (Å²) in [4.78, 5) is 12.3. The standard InChI is InChI=1S/C20H24BrClN2O4S/c1-4-24(5-2)29(26,27)19-12-17(22)9-10-18(19)28-13-20(25)23-14(3)15-7-6-8-16(21)11-15/h6-12,14H,4-5,13H2,1-3H3,(H,23,25)/t14-/m1/s1. The van der Waals surface area contributed by atoms with Gasteiger partial charge in [-0.1, -0.05) is 53.5 Å². The van der Waals surface area contributed by atoms with Crippen LogP contribution in [0.2, 0.25) is 5.02 Å².